The molecule has 2 N–H and O–H groups in total. The maximum atomic E-state index is 13.2. The van der Waals surface area contributed by atoms with Gasteiger partial charge in [0.05, 0.1) is 11.0 Å². The molecule has 0 unspecified atom stereocenters. The SMILES string of the molecule is Nc1ccc2c(c1)nc(C(F)(F)F)n2-c1ccccc1. The minimum absolute atomic E-state index is 0.223. The van der Waals surface area contributed by atoms with Crippen molar-refractivity contribution in [2.24, 2.45) is 0 Å². The van der Waals surface area contributed by atoms with Gasteiger partial charge in [-0.1, -0.05) is 18.2 Å². The number of fused-ring (bicyclic) bond motifs is 1. The first-order valence-corrected chi connectivity index (χ1v) is 5.87. The first-order chi connectivity index (χ1) is 9.47. The van der Waals surface area contributed by atoms with Gasteiger partial charge in [-0.25, -0.2) is 4.98 Å². The summed E-state index contributed by atoms with van der Waals surface area (Å²) in [6.07, 6.45) is -4.54. The number of nitrogens with zero attached hydrogens (tertiary/aromatic N) is 2. The molecule has 0 atom stereocenters. The maximum Gasteiger partial charge on any atom is 0.450 e. The van der Waals surface area contributed by atoms with Gasteiger partial charge in [0, 0.05) is 11.4 Å². The molecule has 0 fully saturated rings. The van der Waals surface area contributed by atoms with Crippen LogP contribution in [0.3, 0.4) is 0 Å². The fourth-order valence-corrected chi connectivity index (χ4v) is 2.13. The Morgan fingerprint density at radius 1 is 1.00 bits per heavy atom. The first kappa shape index (κ1) is 12.5. The zero-order chi connectivity index (χ0) is 14.3. The van der Waals surface area contributed by atoms with E-state index in [2.05, 4.69) is 4.98 Å². The Labute approximate surface area is 112 Å². The Morgan fingerprint density at radius 3 is 2.35 bits per heavy atom. The molecule has 102 valence electrons. The van der Waals surface area contributed by atoms with Crippen LogP contribution in [0.5, 0.6) is 0 Å². The zero-order valence-corrected chi connectivity index (χ0v) is 10.2. The van der Waals surface area contributed by atoms with E-state index in [0.717, 1.165) is 4.57 Å². The summed E-state index contributed by atoms with van der Waals surface area (Å²) < 4.78 is 40.6. The lowest BCUT2D eigenvalue weighted by Crippen LogP contribution is -2.13. The molecule has 1 aromatic heterocycles. The second-order valence-electron chi connectivity index (χ2n) is 4.35. The molecule has 3 nitrogen and oxygen atoms in total. The van der Waals surface area contributed by atoms with Gasteiger partial charge in [-0.15, -0.1) is 0 Å². The molecule has 0 aliphatic rings. The Bertz CT molecular complexity index is 760. The number of alkyl halides is 3. The smallest absolute Gasteiger partial charge is 0.399 e. The molecule has 0 spiro atoms. The lowest BCUT2D eigenvalue weighted by atomic mass is 10.2. The van der Waals surface area contributed by atoms with E-state index in [1.165, 1.54) is 6.07 Å². The number of anilines is 1. The van der Waals surface area contributed by atoms with Gasteiger partial charge in [-0.2, -0.15) is 13.2 Å². The molecule has 0 aliphatic carbocycles. The van der Waals surface area contributed by atoms with E-state index in [1.54, 1.807) is 42.5 Å². The van der Waals surface area contributed by atoms with Crippen molar-refractivity contribution < 1.29 is 13.2 Å². The standard InChI is InChI=1S/C14H10F3N3/c15-14(16,17)13-19-11-8-9(18)6-7-12(11)20(13)10-4-2-1-3-5-10/h1-8H,18H2. The predicted molar refractivity (Wildman–Crippen MR) is 70.5 cm³/mol. The third-order valence-electron chi connectivity index (χ3n) is 2.95. The van der Waals surface area contributed by atoms with Crippen LogP contribution in [0.2, 0.25) is 0 Å². The van der Waals surface area contributed by atoms with E-state index < -0.39 is 12.0 Å². The Morgan fingerprint density at radius 2 is 1.70 bits per heavy atom. The number of hydrogen-bond acceptors (Lipinski definition) is 2. The number of halogens is 3. The third kappa shape index (κ3) is 1.99. The number of rotatable bonds is 1. The molecule has 2 aromatic carbocycles. The Balaban J connectivity index is 2.38. The molecular formula is C14H10F3N3. The Hall–Kier alpha value is -2.50. The molecule has 0 saturated carbocycles. The summed E-state index contributed by atoms with van der Waals surface area (Å²) >= 11 is 0. The summed E-state index contributed by atoms with van der Waals surface area (Å²) in [6, 6.07) is 12.8. The molecule has 1 heterocycles. The zero-order valence-electron chi connectivity index (χ0n) is 10.2. The molecule has 3 rings (SSSR count). The van der Waals surface area contributed by atoms with E-state index >= 15 is 0 Å². The average molecular weight is 277 g/mol. The molecule has 3 aromatic rings. The molecule has 6 heteroatoms. The van der Waals surface area contributed by atoms with Crippen molar-refractivity contribution in [2.75, 3.05) is 5.73 Å². The normalized spacial score (nSPS) is 11.9. The minimum Gasteiger partial charge on any atom is -0.399 e. The highest BCUT2D eigenvalue weighted by molar-refractivity contribution is 5.81. The van der Waals surface area contributed by atoms with Gasteiger partial charge in [0.1, 0.15) is 0 Å². The van der Waals surface area contributed by atoms with E-state index in [9.17, 15) is 13.2 Å². The maximum absolute atomic E-state index is 13.2. The average Bonchev–Trinajstić information content (AvgIpc) is 2.78. The van der Waals surface area contributed by atoms with Crippen molar-refractivity contribution in [3.8, 4) is 5.69 Å². The summed E-state index contributed by atoms with van der Waals surface area (Å²) in [6.45, 7) is 0. The number of benzene rings is 2. The summed E-state index contributed by atoms with van der Waals surface area (Å²) in [4.78, 5) is 3.68. The van der Waals surface area contributed by atoms with Crippen LogP contribution in [-0.4, -0.2) is 9.55 Å². The number of hydrogen-bond donors (Lipinski definition) is 1. The third-order valence-corrected chi connectivity index (χ3v) is 2.95. The van der Waals surface area contributed by atoms with Crippen LogP contribution in [0.1, 0.15) is 5.82 Å². The summed E-state index contributed by atoms with van der Waals surface area (Å²) in [7, 11) is 0. The second-order valence-corrected chi connectivity index (χ2v) is 4.35. The van der Waals surface area contributed by atoms with Gasteiger partial charge >= 0.3 is 6.18 Å². The van der Waals surface area contributed by atoms with Crippen LogP contribution in [-0.2, 0) is 6.18 Å². The van der Waals surface area contributed by atoms with Crippen LogP contribution in [0, 0.1) is 0 Å². The number of nitrogen functional groups attached to an aromatic ring is 1. The van der Waals surface area contributed by atoms with Gasteiger partial charge in [-0.05, 0) is 30.3 Å². The van der Waals surface area contributed by atoms with Crippen LogP contribution >= 0.6 is 0 Å². The highest BCUT2D eigenvalue weighted by Crippen LogP contribution is 2.34. The second kappa shape index (κ2) is 4.26. The molecule has 0 amide bonds. The monoisotopic (exact) mass is 277 g/mol. The van der Waals surface area contributed by atoms with E-state index in [-0.39, 0.29) is 5.52 Å². The lowest BCUT2D eigenvalue weighted by molar-refractivity contribution is -0.145. The molecule has 0 radical (unpaired) electrons. The van der Waals surface area contributed by atoms with Crippen molar-refractivity contribution in [1.29, 1.82) is 0 Å². The summed E-state index contributed by atoms with van der Waals surface area (Å²) in [5.41, 5.74) is 6.98. The topological polar surface area (TPSA) is 43.8 Å². The number of nitrogens with two attached hydrogens (primary N) is 1. The molecule has 20 heavy (non-hydrogen) atoms. The van der Waals surface area contributed by atoms with Crippen LogP contribution in [0.4, 0.5) is 18.9 Å². The van der Waals surface area contributed by atoms with Crippen molar-refractivity contribution in [2.45, 2.75) is 6.18 Å². The van der Waals surface area contributed by atoms with E-state index in [4.69, 9.17) is 5.73 Å². The number of imidazole rings is 1. The van der Waals surface area contributed by atoms with Gasteiger partial charge in [0.2, 0.25) is 5.82 Å². The highest BCUT2D eigenvalue weighted by atomic mass is 19.4. The molecular weight excluding hydrogens is 267 g/mol. The minimum atomic E-state index is -4.54. The van der Waals surface area contributed by atoms with Crippen LogP contribution in [0.15, 0.2) is 48.5 Å². The van der Waals surface area contributed by atoms with Crippen molar-refractivity contribution in [3.63, 3.8) is 0 Å². The quantitative estimate of drug-likeness (QED) is 0.690. The number of para-hydroxylation sites is 1. The molecule has 0 aliphatic heterocycles. The number of aromatic nitrogens is 2. The predicted octanol–water partition coefficient (Wildman–Crippen LogP) is 3.63. The fraction of sp³-hybridized carbons (Fsp3) is 0.0714. The van der Waals surface area contributed by atoms with E-state index in [0.29, 0.717) is 16.9 Å². The van der Waals surface area contributed by atoms with Gasteiger partial charge in [0.25, 0.3) is 0 Å². The van der Waals surface area contributed by atoms with Gasteiger partial charge in [-0.3, -0.25) is 4.57 Å². The van der Waals surface area contributed by atoms with Crippen molar-refractivity contribution in [3.05, 3.63) is 54.4 Å². The fourth-order valence-electron chi connectivity index (χ4n) is 2.13. The van der Waals surface area contributed by atoms with Gasteiger partial charge in [0.15, 0.2) is 0 Å². The van der Waals surface area contributed by atoms with Crippen molar-refractivity contribution in [1.82, 2.24) is 9.55 Å². The van der Waals surface area contributed by atoms with E-state index in [1.807, 2.05) is 0 Å². The largest absolute Gasteiger partial charge is 0.450 e. The lowest BCUT2D eigenvalue weighted by Gasteiger charge is -2.11. The van der Waals surface area contributed by atoms with Gasteiger partial charge < -0.3 is 5.73 Å². The van der Waals surface area contributed by atoms with Crippen LogP contribution < -0.4 is 5.73 Å². The molecule has 0 saturated heterocycles. The van der Waals surface area contributed by atoms with Crippen molar-refractivity contribution >= 4 is 16.7 Å². The summed E-state index contributed by atoms with van der Waals surface area (Å²) in [5, 5.41) is 0. The summed E-state index contributed by atoms with van der Waals surface area (Å²) in [5.74, 6) is -0.954. The first-order valence-electron chi connectivity index (χ1n) is 5.87. The molecule has 0 bridgehead atoms. The Kier molecular flexibility index (Phi) is 2.67. The van der Waals surface area contributed by atoms with Crippen LogP contribution in [0.25, 0.3) is 16.7 Å². The highest BCUT2D eigenvalue weighted by Gasteiger charge is 2.38.